The summed E-state index contributed by atoms with van der Waals surface area (Å²) in [4.78, 5) is 7.14. The van der Waals surface area contributed by atoms with Crippen molar-refractivity contribution in [3.05, 3.63) is 16.1 Å². The van der Waals surface area contributed by atoms with Crippen LogP contribution in [0.3, 0.4) is 0 Å². The van der Waals surface area contributed by atoms with Crippen LogP contribution < -0.4 is 5.73 Å². The lowest BCUT2D eigenvalue weighted by molar-refractivity contribution is 0.314. The Labute approximate surface area is 126 Å². The largest absolute Gasteiger partial charge is 0.330 e. The van der Waals surface area contributed by atoms with Crippen LogP contribution in [0.25, 0.3) is 0 Å². The Morgan fingerprint density at radius 2 is 2.22 bits per heavy atom. The lowest BCUT2D eigenvalue weighted by atomic mass is 10.1. The summed E-state index contributed by atoms with van der Waals surface area (Å²) in [5.74, 6) is 1.25. The topological polar surface area (TPSA) is 42.2 Å². The van der Waals surface area contributed by atoms with Gasteiger partial charge in [-0.15, -0.1) is 36.2 Å². The summed E-state index contributed by atoms with van der Waals surface area (Å²) in [5.41, 5.74) is 6.92. The second-order valence-corrected chi connectivity index (χ2v) is 5.85. The first-order chi connectivity index (χ1) is 7.69. The number of likely N-dealkylation sites (tertiary alicyclic amines) is 1. The molecule has 3 nitrogen and oxygen atoms in total. The molecule has 0 spiro atoms. The zero-order valence-electron chi connectivity index (χ0n) is 11.0. The Kier molecular flexibility index (Phi) is 8.39. The normalized spacial score (nSPS) is 19.7. The van der Waals surface area contributed by atoms with Crippen LogP contribution >= 0.6 is 36.2 Å². The van der Waals surface area contributed by atoms with Crippen molar-refractivity contribution in [3.63, 3.8) is 0 Å². The van der Waals surface area contributed by atoms with Crippen molar-refractivity contribution in [3.8, 4) is 0 Å². The summed E-state index contributed by atoms with van der Waals surface area (Å²) in [6.07, 6.45) is 1.25. The zero-order valence-corrected chi connectivity index (χ0v) is 13.4. The summed E-state index contributed by atoms with van der Waals surface area (Å²) in [6.45, 7) is 8.54. The molecule has 0 aliphatic carbocycles. The average molecular weight is 312 g/mol. The standard InChI is InChI=1S/C12H21N3S.2ClH/c1-9(2)12-14-11(8-16-12)7-15-4-3-10(5-13)6-15;;/h8-10H,3-7,13H2,1-2H3;2*1H. The number of hydrogen-bond donors (Lipinski definition) is 1. The van der Waals surface area contributed by atoms with Crippen molar-refractivity contribution >= 4 is 36.2 Å². The maximum Gasteiger partial charge on any atom is 0.0954 e. The molecule has 0 saturated carbocycles. The molecule has 0 bridgehead atoms. The van der Waals surface area contributed by atoms with E-state index in [1.165, 1.54) is 23.7 Å². The molecule has 1 aromatic rings. The third kappa shape index (κ3) is 4.67. The van der Waals surface area contributed by atoms with E-state index in [1.807, 2.05) is 0 Å². The SMILES string of the molecule is CC(C)c1nc(CN2CCC(CN)C2)cs1.Cl.Cl. The third-order valence-corrected chi connectivity index (χ3v) is 4.35. The van der Waals surface area contributed by atoms with Gasteiger partial charge in [-0.2, -0.15) is 0 Å². The molecular weight excluding hydrogens is 289 g/mol. The zero-order chi connectivity index (χ0) is 11.5. The predicted octanol–water partition coefficient (Wildman–Crippen LogP) is 2.89. The Bertz CT molecular complexity index is 344. The molecule has 0 radical (unpaired) electrons. The molecule has 1 saturated heterocycles. The highest BCUT2D eigenvalue weighted by Gasteiger charge is 2.21. The van der Waals surface area contributed by atoms with E-state index in [0.29, 0.717) is 11.8 Å². The van der Waals surface area contributed by atoms with Gasteiger partial charge in [-0.05, 0) is 25.4 Å². The van der Waals surface area contributed by atoms with Gasteiger partial charge in [0.1, 0.15) is 0 Å². The van der Waals surface area contributed by atoms with Gasteiger partial charge in [0.15, 0.2) is 0 Å². The van der Waals surface area contributed by atoms with Crippen molar-refractivity contribution in [2.24, 2.45) is 11.7 Å². The molecule has 2 N–H and O–H groups in total. The summed E-state index contributed by atoms with van der Waals surface area (Å²) >= 11 is 1.79. The number of nitrogens with zero attached hydrogens (tertiary/aromatic N) is 2. The first-order valence-corrected chi connectivity index (χ1v) is 6.93. The van der Waals surface area contributed by atoms with E-state index in [0.717, 1.165) is 19.6 Å². The second-order valence-electron chi connectivity index (χ2n) is 4.96. The number of aromatic nitrogens is 1. The maximum atomic E-state index is 5.69. The molecular formula is C12H23Cl2N3S. The average Bonchev–Trinajstić information content (AvgIpc) is 2.87. The Morgan fingerprint density at radius 3 is 2.72 bits per heavy atom. The van der Waals surface area contributed by atoms with Crippen molar-refractivity contribution in [1.82, 2.24) is 9.88 Å². The van der Waals surface area contributed by atoms with Crippen LogP contribution in [0.2, 0.25) is 0 Å². The Hall–Kier alpha value is 0.130. The van der Waals surface area contributed by atoms with E-state index in [2.05, 4.69) is 29.1 Å². The van der Waals surface area contributed by atoms with Crippen molar-refractivity contribution < 1.29 is 0 Å². The van der Waals surface area contributed by atoms with E-state index in [9.17, 15) is 0 Å². The molecule has 1 aliphatic rings. The van der Waals surface area contributed by atoms with Crippen LogP contribution in [0.1, 0.15) is 36.9 Å². The number of halogens is 2. The number of hydrogen-bond acceptors (Lipinski definition) is 4. The van der Waals surface area contributed by atoms with Gasteiger partial charge in [-0.1, -0.05) is 13.8 Å². The monoisotopic (exact) mass is 311 g/mol. The Morgan fingerprint density at radius 1 is 1.50 bits per heavy atom. The summed E-state index contributed by atoms with van der Waals surface area (Å²) < 4.78 is 0. The van der Waals surface area contributed by atoms with Gasteiger partial charge in [-0.3, -0.25) is 4.90 Å². The molecule has 1 atom stereocenters. The van der Waals surface area contributed by atoms with Crippen LogP contribution in [0.4, 0.5) is 0 Å². The highest BCUT2D eigenvalue weighted by Crippen LogP contribution is 2.22. The lowest BCUT2D eigenvalue weighted by Crippen LogP contribution is -2.22. The molecule has 1 unspecified atom stereocenters. The van der Waals surface area contributed by atoms with E-state index >= 15 is 0 Å². The minimum Gasteiger partial charge on any atom is -0.330 e. The second kappa shape index (κ2) is 8.33. The molecule has 1 aliphatic heterocycles. The van der Waals surface area contributed by atoms with E-state index in [1.54, 1.807) is 11.3 Å². The van der Waals surface area contributed by atoms with Gasteiger partial charge in [0.05, 0.1) is 10.7 Å². The number of thiazole rings is 1. The fourth-order valence-electron chi connectivity index (χ4n) is 2.14. The van der Waals surface area contributed by atoms with Gasteiger partial charge in [0.25, 0.3) is 0 Å². The number of nitrogens with two attached hydrogens (primary N) is 1. The number of rotatable bonds is 4. The van der Waals surface area contributed by atoms with E-state index in [-0.39, 0.29) is 24.8 Å². The molecule has 2 rings (SSSR count). The summed E-state index contributed by atoms with van der Waals surface area (Å²) in [5, 5.41) is 3.45. The third-order valence-electron chi connectivity index (χ3n) is 3.15. The lowest BCUT2D eigenvalue weighted by Gasteiger charge is -2.13. The molecule has 1 fully saturated rings. The highest BCUT2D eigenvalue weighted by molar-refractivity contribution is 7.09. The minimum absolute atomic E-state index is 0. The quantitative estimate of drug-likeness (QED) is 0.929. The minimum atomic E-state index is 0. The molecule has 1 aromatic heterocycles. The summed E-state index contributed by atoms with van der Waals surface area (Å²) in [6, 6.07) is 0. The van der Waals surface area contributed by atoms with Crippen LogP contribution in [-0.2, 0) is 6.54 Å². The molecule has 0 amide bonds. The van der Waals surface area contributed by atoms with Crippen LogP contribution in [-0.4, -0.2) is 29.5 Å². The van der Waals surface area contributed by atoms with Crippen LogP contribution in [0, 0.1) is 5.92 Å². The Balaban J connectivity index is 0.00000144. The van der Waals surface area contributed by atoms with Gasteiger partial charge in [0, 0.05) is 24.4 Å². The molecule has 18 heavy (non-hydrogen) atoms. The van der Waals surface area contributed by atoms with Crippen molar-refractivity contribution in [2.45, 2.75) is 32.7 Å². The fourth-order valence-corrected chi connectivity index (χ4v) is 2.96. The predicted molar refractivity (Wildman–Crippen MR) is 83.1 cm³/mol. The van der Waals surface area contributed by atoms with Crippen molar-refractivity contribution in [1.29, 1.82) is 0 Å². The van der Waals surface area contributed by atoms with E-state index in [4.69, 9.17) is 5.73 Å². The van der Waals surface area contributed by atoms with Gasteiger partial charge < -0.3 is 5.73 Å². The maximum absolute atomic E-state index is 5.69. The van der Waals surface area contributed by atoms with E-state index < -0.39 is 0 Å². The first kappa shape index (κ1) is 18.1. The molecule has 6 heteroatoms. The molecule has 106 valence electrons. The van der Waals surface area contributed by atoms with Gasteiger partial charge in [0.2, 0.25) is 0 Å². The first-order valence-electron chi connectivity index (χ1n) is 6.05. The van der Waals surface area contributed by atoms with Gasteiger partial charge >= 0.3 is 0 Å². The molecule has 2 heterocycles. The van der Waals surface area contributed by atoms with Gasteiger partial charge in [-0.25, -0.2) is 4.98 Å². The highest BCUT2D eigenvalue weighted by atomic mass is 35.5. The fraction of sp³-hybridized carbons (Fsp3) is 0.750. The van der Waals surface area contributed by atoms with Crippen LogP contribution in [0.15, 0.2) is 5.38 Å². The smallest absolute Gasteiger partial charge is 0.0954 e. The van der Waals surface area contributed by atoms with Crippen molar-refractivity contribution in [2.75, 3.05) is 19.6 Å². The van der Waals surface area contributed by atoms with Crippen LogP contribution in [0.5, 0.6) is 0 Å². The molecule has 0 aromatic carbocycles. The summed E-state index contributed by atoms with van der Waals surface area (Å²) in [7, 11) is 0.